The lowest BCUT2D eigenvalue weighted by Gasteiger charge is -2.31. The van der Waals surface area contributed by atoms with Gasteiger partial charge in [0.25, 0.3) is 0 Å². The van der Waals surface area contributed by atoms with E-state index >= 15 is 0 Å². The van der Waals surface area contributed by atoms with E-state index in [1.165, 1.54) is 41.5 Å². The molecule has 0 radical (unpaired) electrons. The quantitative estimate of drug-likeness (QED) is 0.912. The molecule has 0 aliphatic heterocycles. The van der Waals surface area contributed by atoms with Crippen LogP contribution in [0.4, 0.5) is 0 Å². The summed E-state index contributed by atoms with van der Waals surface area (Å²) >= 11 is 0. The third kappa shape index (κ3) is 2.34. The number of ether oxygens (including phenoxy) is 1. The highest BCUT2D eigenvalue weighted by Gasteiger charge is 2.28. The van der Waals surface area contributed by atoms with Gasteiger partial charge < -0.3 is 10.5 Å². The fourth-order valence-electron chi connectivity index (χ4n) is 3.69. The molecule has 21 heavy (non-hydrogen) atoms. The van der Waals surface area contributed by atoms with Crippen molar-refractivity contribution in [3.05, 3.63) is 64.7 Å². The Kier molecular flexibility index (Phi) is 3.19. The van der Waals surface area contributed by atoms with Crippen LogP contribution in [0.5, 0.6) is 5.75 Å². The Balaban J connectivity index is 1.56. The van der Waals surface area contributed by atoms with E-state index in [1.807, 2.05) is 0 Å². The van der Waals surface area contributed by atoms with Crippen molar-refractivity contribution in [2.75, 3.05) is 0 Å². The van der Waals surface area contributed by atoms with Gasteiger partial charge in [-0.25, -0.2) is 0 Å². The zero-order valence-electron chi connectivity index (χ0n) is 12.2. The lowest BCUT2D eigenvalue weighted by molar-refractivity contribution is 0.153. The molecule has 2 nitrogen and oxygen atoms in total. The van der Waals surface area contributed by atoms with Crippen LogP contribution in [0.25, 0.3) is 0 Å². The average Bonchev–Trinajstić information content (AvgIpc) is 2.98. The fraction of sp³-hybridized carbons (Fsp3) is 0.368. The zero-order chi connectivity index (χ0) is 14.2. The second kappa shape index (κ2) is 5.19. The molecule has 4 rings (SSSR count). The van der Waals surface area contributed by atoms with E-state index in [0.29, 0.717) is 0 Å². The predicted molar refractivity (Wildman–Crippen MR) is 84.6 cm³/mol. The van der Waals surface area contributed by atoms with Crippen LogP contribution in [-0.4, -0.2) is 6.10 Å². The molecule has 0 saturated carbocycles. The Morgan fingerprint density at radius 1 is 0.905 bits per heavy atom. The minimum absolute atomic E-state index is 0.0248. The molecule has 2 N–H and O–H groups in total. The standard InChI is InChI=1S/C19H21NO/c20-19-17-7-2-1-4-14(17)9-11-18(19)21-16-10-8-13-5-3-6-15(13)12-16/h1-2,4,7-8,10,12,18-19H,3,5-6,9,11,20H2. The van der Waals surface area contributed by atoms with Gasteiger partial charge >= 0.3 is 0 Å². The van der Waals surface area contributed by atoms with Gasteiger partial charge in [0.05, 0.1) is 6.04 Å². The van der Waals surface area contributed by atoms with Crippen LogP contribution in [0.2, 0.25) is 0 Å². The number of nitrogens with two attached hydrogens (primary N) is 1. The number of fused-ring (bicyclic) bond motifs is 2. The van der Waals surface area contributed by atoms with E-state index in [9.17, 15) is 0 Å². The monoisotopic (exact) mass is 279 g/mol. The zero-order valence-corrected chi connectivity index (χ0v) is 12.2. The van der Waals surface area contributed by atoms with Crippen LogP contribution < -0.4 is 10.5 Å². The van der Waals surface area contributed by atoms with Crippen molar-refractivity contribution in [2.45, 2.75) is 44.2 Å². The molecule has 2 aromatic carbocycles. The third-order valence-electron chi connectivity index (χ3n) is 4.87. The van der Waals surface area contributed by atoms with Crippen molar-refractivity contribution in [3.63, 3.8) is 0 Å². The van der Waals surface area contributed by atoms with Crippen molar-refractivity contribution in [1.29, 1.82) is 0 Å². The highest BCUT2D eigenvalue weighted by Crippen LogP contribution is 2.32. The van der Waals surface area contributed by atoms with Gasteiger partial charge in [0.2, 0.25) is 0 Å². The molecule has 2 aromatic rings. The number of rotatable bonds is 2. The molecule has 2 aliphatic carbocycles. The molecule has 0 aromatic heterocycles. The first kappa shape index (κ1) is 12.9. The lowest BCUT2D eigenvalue weighted by atomic mass is 9.86. The number of hydrogen-bond acceptors (Lipinski definition) is 2. The van der Waals surface area contributed by atoms with Gasteiger partial charge in [-0.2, -0.15) is 0 Å². The second-order valence-corrected chi connectivity index (χ2v) is 6.20. The second-order valence-electron chi connectivity index (χ2n) is 6.20. The van der Waals surface area contributed by atoms with Crippen LogP contribution >= 0.6 is 0 Å². The summed E-state index contributed by atoms with van der Waals surface area (Å²) in [5.74, 6) is 0.982. The Morgan fingerprint density at radius 2 is 1.76 bits per heavy atom. The van der Waals surface area contributed by atoms with E-state index in [4.69, 9.17) is 10.5 Å². The molecule has 2 aliphatic rings. The van der Waals surface area contributed by atoms with Crippen LogP contribution in [0, 0.1) is 0 Å². The summed E-state index contributed by atoms with van der Waals surface area (Å²) in [6.07, 6.45) is 5.81. The van der Waals surface area contributed by atoms with Crippen molar-refractivity contribution in [1.82, 2.24) is 0 Å². The largest absolute Gasteiger partial charge is 0.488 e. The van der Waals surface area contributed by atoms with Gasteiger partial charge in [0.15, 0.2) is 0 Å². The van der Waals surface area contributed by atoms with Gasteiger partial charge in [0.1, 0.15) is 11.9 Å². The summed E-state index contributed by atoms with van der Waals surface area (Å²) in [5.41, 5.74) is 12.0. The minimum Gasteiger partial charge on any atom is -0.488 e. The smallest absolute Gasteiger partial charge is 0.120 e. The molecule has 2 unspecified atom stereocenters. The van der Waals surface area contributed by atoms with Crippen molar-refractivity contribution < 1.29 is 4.74 Å². The summed E-state index contributed by atoms with van der Waals surface area (Å²) in [6.45, 7) is 0. The molecule has 108 valence electrons. The summed E-state index contributed by atoms with van der Waals surface area (Å²) in [7, 11) is 0. The van der Waals surface area contributed by atoms with Gasteiger partial charge in [-0.05, 0) is 66.5 Å². The molecule has 0 fully saturated rings. The topological polar surface area (TPSA) is 35.2 Å². The summed E-state index contributed by atoms with van der Waals surface area (Å²) in [4.78, 5) is 0. The van der Waals surface area contributed by atoms with Crippen LogP contribution in [0.3, 0.4) is 0 Å². The summed E-state index contributed by atoms with van der Waals surface area (Å²) in [5, 5.41) is 0. The van der Waals surface area contributed by atoms with Gasteiger partial charge in [-0.15, -0.1) is 0 Å². The van der Waals surface area contributed by atoms with Gasteiger partial charge in [-0.3, -0.25) is 0 Å². The van der Waals surface area contributed by atoms with Crippen molar-refractivity contribution >= 4 is 0 Å². The lowest BCUT2D eigenvalue weighted by Crippen LogP contribution is -2.35. The first-order chi connectivity index (χ1) is 10.3. The van der Waals surface area contributed by atoms with Crippen LogP contribution in [-0.2, 0) is 19.3 Å². The fourth-order valence-corrected chi connectivity index (χ4v) is 3.69. The van der Waals surface area contributed by atoms with E-state index in [-0.39, 0.29) is 12.1 Å². The SMILES string of the molecule is NC1c2ccccc2CCC1Oc1ccc2c(c1)CCC2. The predicted octanol–water partition coefficient (Wildman–Crippen LogP) is 3.57. The summed E-state index contributed by atoms with van der Waals surface area (Å²) in [6, 6.07) is 15.0. The number of aryl methyl sites for hydroxylation is 3. The van der Waals surface area contributed by atoms with Crippen LogP contribution in [0.1, 0.15) is 41.1 Å². The average molecular weight is 279 g/mol. The third-order valence-corrected chi connectivity index (χ3v) is 4.87. The normalized spacial score (nSPS) is 23.5. The van der Waals surface area contributed by atoms with E-state index in [1.54, 1.807) is 0 Å². The molecular formula is C19H21NO. The maximum absolute atomic E-state index is 6.43. The Morgan fingerprint density at radius 3 is 2.71 bits per heavy atom. The van der Waals surface area contributed by atoms with Gasteiger partial charge in [0, 0.05) is 0 Å². The highest BCUT2D eigenvalue weighted by atomic mass is 16.5. The molecule has 0 heterocycles. The number of hydrogen-bond donors (Lipinski definition) is 1. The first-order valence-electron chi connectivity index (χ1n) is 7.93. The van der Waals surface area contributed by atoms with E-state index in [0.717, 1.165) is 18.6 Å². The van der Waals surface area contributed by atoms with E-state index < -0.39 is 0 Å². The van der Waals surface area contributed by atoms with E-state index in [2.05, 4.69) is 42.5 Å². The summed E-state index contributed by atoms with van der Waals surface area (Å²) < 4.78 is 6.22. The Labute approximate surface area is 125 Å². The maximum Gasteiger partial charge on any atom is 0.120 e. The highest BCUT2D eigenvalue weighted by molar-refractivity contribution is 5.39. The van der Waals surface area contributed by atoms with Crippen molar-refractivity contribution in [2.24, 2.45) is 5.73 Å². The first-order valence-corrected chi connectivity index (χ1v) is 7.93. The molecule has 0 spiro atoms. The van der Waals surface area contributed by atoms with Crippen molar-refractivity contribution in [3.8, 4) is 5.75 Å². The Hall–Kier alpha value is -1.80. The number of benzene rings is 2. The molecule has 0 bridgehead atoms. The minimum atomic E-state index is -0.0248. The Bertz CT molecular complexity index is 664. The molecule has 2 heteroatoms. The molecule has 0 saturated heterocycles. The maximum atomic E-state index is 6.43. The molecule has 2 atom stereocenters. The molecule has 0 amide bonds. The van der Waals surface area contributed by atoms with Crippen LogP contribution in [0.15, 0.2) is 42.5 Å². The molecular weight excluding hydrogens is 258 g/mol. The van der Waals surface area contributed by atoms with Gasteiger partial charge in [-0.1, -0.05) is 30.3 Å².